The number of fused-ring (bicyclic) bond motifs is 1. The number of halogens is 2. The number of rotatable bonds is 4. The van der Waals surface area contributed by atoms with Gasteiger partial charge in [-0.2, -0.15) is 0 Å². The molecule has 130 valence electrons. The van der Waals surface area contributed by atoms with Crippen molar-refractivity contribution in [2.45, 2.75) is 0 Å². The highest BCUT2D eigenvalue weighted by Crippen LogP contribution is 2.34. The molecular formula is C16H12BrClN2O5. The van der Waals surface area contributed by atoms with Gasteiger partial charge in [0.25, 0.3) is 5.91 Å². The van der Waals surface area contributed by atoms with Crippen LogP contribution < -0.4 is 24.8 Å². The lowest BCUT2D eigenvalue weighted by atomic mass is 10.3. The number of imide groups is 1. The SMILES string of the molecule is O=C(COc1ccc(Cl)cc1Br)NC(=O)Nc1ccc2c(c1)OCO2. The molecule has 1 aliphatic heterocycles. The quantitative estimate of drug-likeness (QED) is 0.779. The molecule has 0 radical (unpaired) electrons. The average Bonchev–Trinajstić information content (AvgIpc) is 3.01. The highest BCUT2D eigenvalue weighted by atomic mass is 79.9. The van der Waals surface area contributed by atoms with Gasteiger partial charge in [0.05, 0.1) is 4.47 Å². The van der Waals surface area contributed by atoms with E-state index in [0.29, 0.717) is 32.4 Å². The fourth-order valence-electron chi connectivity index (χ4n) is 2.03. The van der Waals surface area contributed by atoms with Gasteiger partial charge in [0.2, 0.25) is 6.79 Å². The second-order valence-electron chi connectivity index (χ2n) is 4.93. The van der Waals surface area contributed by atoms with Crippen molar-refractivity contribution in [2.24, 2.45) is 0 Å². The summed E-state index contributed by atoms with van der Waals surface area (Å²) in [6, 6.07) is 9.12. The first kappa shape index (κ1) is 17.4. The van der Waals surface area contributed by atoms with E-state index in [9.17, 15) is 9.59 Å². The van der Waals surface area contributed by atoms with Crippen LogP contribution in [-0.2, 0) is 4.79 Å². The molecule has 7 nitrogen and oxygen atoms in total. The fraction of sp³-hybridized carbons (Fsp3) is 0.125. The van der Waals surface area contributed by atoms with Crippen molar-refractivity contribution in [2.75, 3.05) is 18.7 Å². The van der Waals surface area contributed by atoms with E-state index in [1.807, 2.05) is 0 Å². The summed E-state index contributed by atoms with van der Waals surface area (Å²) in [7, 11) is 0. The van der Waals surface area contributed by atoms with Gasteiger partial charge in [-0.05, 0) is 46.3 Å². The predicted octanol–water partition coefficient (Wildman–Crippen LogP) is 3.56. The molecule has 0 bridgehead atoms. The van der Waals surface area contributed by atoms with E-state index in [0.717, 1.165) is 0 Å². The Morgan fingerprint density at radius 2 is 1.96 bits per heavy atom. The van der Waals surface area contributed by atoms with Gasteiger partial charge < -0.3 is 19.5 Å². The number of anilines is 1. The van der Waals surface area contributed by atoms with Crippen LogP contribution in [0.4, 0.5) is 10.5 Å². The van der Waals surface area contributed by atoms with Crippen LogP contribution in [0.3, 0.4) is 0 Å². The Hall–Kier alpha value is -2.45. The van der Waals surface area contributed by atoms with Gasteiger partial charge in [0.15, 0.2) is 18.1 Å². The number of amides is 3. The lowest BCUT2D eigenvalue weighted by molar-refractivity contribution is -0.121. The Kier molecular flexibility index (Phi) is 5.30. The van der Waals surface area contributed by atoms with E-state index >= 15 is 0 Å². The molecule has 1 aliphatic rings. The lowest BCUT2D eigenvalue weighted by Crippen LogP contribution is -2.37. The minimum atomic E-state index is -0.678. The zero-order chi connectivity index (χ0) is 17.8. The minimum Gasteiger partial charge on any atom is -0.483 e. The van der Waals surface area contributed by atoms with Crippen LogP contribution in [0.5, 0.6) is 17.2 Å². The molecule has 0 spiro atoms. The number of carbonyl (C=O) groups excluding carboxylic acids is 2. The van der Waals surface area contributed by atoms with Gasteiger partial charge in [0, 0.05) is 16.8 Å². The largest absolute Gasteiger partial charge is 0.483 e. The number of urea groups is 1. The van der Waals surface area contributed by atoms with Gasteiger partial charge in [-0.3, -0.25) is 10.1 Å². The highest BCUT2D eigenvalue weighted by molar-refractivity contribution is 9.10. The van der Waals surface area contributed by atoms with Crippen molar-refractivity contribution in [3.63, 3.8) is 0 Å². The molecule has 9 heteroatoms. The monoisotopic (exact) mass is 426 g/mol. The third kappa shape index (κ3) is 4.55. The topological polar surface area (TPSA) is 85.9 Å². The molecule has 0 saturated heterocycles. The lowest BCUT2D eigenvalue weighted by Gasteiger charge is -2.09. The van der Waals surface area contributed by atoms with Gasteiger partial charge in [-0.25, -0.2) is 4.79 Å². The van der Waals surface area contributed by atoms with E-state index in [1.54, 1.807) is 36.4 Å². The summed E-state index contributed by atoms with van der Waals surface area (Å²) >= 11 is 9.10. The Morgan fingerprint density at radius 3 is 2.76 bits per heavy atom. The van der Waals surface area contributed by atoms with Crippen molar-refractivity contribution in [3.8, 4) is 17.2 Å². The molecule has 0 saturated carbocycles. The first-order chi connectivity index (χ1) is 12.0. The maximum absolute atomic E-state index is 11.8. The number of hydrogen-bond donors (Lipinski definition) is 2. The van der Waals surface area contributed by atoms with E-state index in [-0.39, 0.29) is 13.4 Å². The second kappa shape index (κ2) is 7.62. The van der Waals surface area contributed by atoms with Crippen LogP contribution >= 0.6 is 27.5 Å². The van der Waals surface area contributed by atoms with Crippen LogP contribution in [0.25, 0.3) is 0 Å². The van der Waals surface area contributed by atoms with Gasteiger partial charge in [0.1, 0.15) is 5.75 Å². The van der Waals surface area contributed by atoms with Crippen molar-refractivity contribution in [1.29, 1.82) is 0 Å². The number of nitrogens with one attached hydrogen (secondary N) is 2. The Labute approximate surface area is 156 Å². The molecule has 0 atom stereocenters. The van der Waals surface area contributed by atoms with Crippen LogP contribution in [0, 0.1) is 0 Å². The molecule has 0 aromatic heterocycles. The Morgan fingerprint density at radius 1 is 1.16 bits per heavy atom. The smallest absolute Gasteiger partial charge is 0.325 e. The molecule has 2 aromatic rings. The standard InChI is InChI=1S/C16H12BrClN2O5/c17-11-5-9(18)1-3-12(11)23-7-15(21)20-16(22)19-10-2-4-13-14(6-10)25-8-24-13/h1-6H,7-8H2,(H2,19,20,21,22). The maximum Gasteiger partial charge on any atom is 0.325 e. The molecule has 1 heterocycles. The normalized spacial score (nSPS) is 11.8. The summed E-state index contributed by atoms with van der Waals surface area (Å²) in [4.78, 5) is 23.6. The maximum atomic E-state index is 11.8. The molecule has 25 heavy (non-hydrogen) atoms. The van der Waals surface area contributed by atoms with Crippen molar-refractivity contribution in [3.05, 3.63) is 45.9 Å². The van der Waals surface area contributed by atoms with Gasteiger partial charge >= 0.3 is 6.03 Å². The summed E-state index contributed by atoms with van der Waals surface area (Å²) in [6.07, 6.45) is 0. The summed E-state index contributed by atoms with van der Waals surface area (Å²) in [6.45, 7) is -0.185. The van der Waals surface area contributed by atoms with E-state index < -0.39 is 11.9 Å². The molecule has 3 rings (SSSR count). The van der Waals surface area contributed by atoms with Crippen LogP contribution in [-0.4, -0.2) is 25.3 Å². The third-order valence-corrected chi connectivity index (χ3v) is 3.99. The molecule has 3 amide bonds. The Balaban J connectivity index is 1.50. The number of hydrogen-bond acceptors (Lipinski definition) is 5. The first-order valence-electron chi connectivity index (χ1n) is 7.09. The molecular weight excluding hydrogens is 416 g/mol. The summed E-state index contributed by atoms with van der Waals surface area (Å²) in [5.41, 5.74) is 0.468. The fourth-order valence-corrected chi connectivity index (χ4v) is 2.83. The highest BCUT2D eigenvalue weighted by Gasteiger charge is 2.15. The van der Waals surface area contributed by atoms with Crippen molar-refractivity contribution in [1.82, 2.24) is 5.32 Å². The van der Waals surface area contributed by atoms with Gasteiger partial charge in [-0.1, -0.05) is 11.6 Å². The van der Waals surface area contributed by atoms with E-state index in [2.05, 4.69) is 26.6 Å². The molecule has 2 N–H and O–H groups in total. The minimum absolute atomic E-state index is 0.140. The molecule has 0 unspecified atom stereocenters. The zero-order valence-electron chi connectivity index (χ0n) is 12.7. The van der Waals surface area contributed by atoms with Crippen LogP contribution in [0.1, 0.15) is 0 Å². The summed E-state index contributed by atoms with van der Waals surface area (Å²) in [5.74, 6) is 0.972. The molecule has 0 fully saturated rings. The second-order valence-corrected chi connectivity index (χ2v) is 6.22. The van der Waals surface area contributed by atoms with Crippen molar-refractivity contribution >= 4 is 45.2 Å². The van der Waals surface area contributed by atoms with Crippen LogP contribution in [0.2, 0.25) is 5.02 Å². The summed E-state index contributed by atoms with van der Waals surface area (Å²) in [5, 5.41) is 5.23. The zero-order valence-corrected chi connectivity index (χ0v) is 15.0. The number of carbonyl (C=O) groups is 2. The molecule has 0 aliphatic carbocycles. The average molecular weight is 428 g/mol. The first-order valence-corrected chi connectivity index (χ1v) is 8.27. The predicted molar refractivity (Wildman–Crippen MR) is 94.4 cm³/mol. The molecule has 2 aromatic carbocycles. The number of benzene rings is 2. The third-order valence-electron chi connectivity index (χ3n) is 3.14. The van der Waals surface area contributed by atoms with Crippen LogP contribution in [0.15, 0.2) is 40.9 Å². The van der Waals surface area contributed by atoms with Crippen molar-refractivity contribution < 1.29 is 23.8 Å². The van der Waals surface area contributed by atoms with E-state index in [4.69, 9.17) is 25.8 Å². The summed E-state index contributed by atoms with van der Waals surface area (Å²) < 4.78 is 16.3. The Bertz CT molecular complexity index is 830. The number of ether oxygens (including phenoxy) is 3. The van der Waals surface area contributed by atoms with Gasteiger partial charge in [-0.15, -0.1) is 0 Å². The van der Waals surface area contributed by atoms with E-state index in [1.165, 1.54) is 0 Å².